The first-order chi connectivity index (χ1) is 6.70. The fourth-order valence-electron chi connectivity index (χ4n) is 1.29. The van der Waals surface area contributed by atoms with E-state index in [1.807, 2.05) is 18.2 Å². The minimum Gasteiger partial charge on any atom is -0.373 e. The van der Waals surface area contributed by atoms with Crippen LogP contribution in [-0.4, -0.2) is 30.1 Å². The molecule has 0 aliphatic heterocycles. The van der Waals surface area contributed by atoms with Crippen LogP contribution in [0.15, 0.2) is 24.3 Å². The van der Waals surface area contributed by atoms with Crippen molar-refractivity contribution in [3.63, 3.8) is 0 Å². The molecule has 0 atom stereocenters. The first kappa shape index (κ1) is 11.7. The minimum absolute atomic E-state index is 0.602. The van der Waals surface area contributed by atoms with E-state index in [1.54, 1.807) is 27.4 Å². The van der Waals surface area contributed by atoms with Crippen molar-refractivity contribution < 1.29 is 13.3 Å². The monoisotopic (exact) mass is 232 g/mol. The van der Waals surface area contributed by atoms with E-state index in [1.165, 1.54) is 0 Å². The number of halogens is 1. The second-order valence-corrected chi connectivity index (χ2v) is 5.93. The van der Waals surface area contributed by atoms with E-state index in [0.717, 1.165) is 5.19 Å². The average Bonchev–Trinajstić information content (AvgIpc) is 2.24. The molecule has 14 heavy (non-hydrogen) atoms. The third-order valence-corrected chi connectivity index (χ3v) is 5.21. The molecule has 5 heteroatoms. The van der Waals surface area contributed by atoms with Gasteiger partial charge in [0.1, 0.15) is 0 Å². The molecule has 0 amide bonds. The van der Waals surface area contributed by atoms with Crippen LogP contribution < -0.4 is 5.19 Å². The van der Waals surface area contributed by atoms with Crippen molar-refractivity contribution in [1.82, 2.24) is 0 Å². The Hall–Kier alpha value is -0.393. The maximum Gasteiger partial charge on any atom is 0.537 e. The van der Waals surface area contributed by atoms with E-state index < -0.39 is 8.80 Å². The van der Waals surface area contributed by atoms with Crippen molar-refractivity contribution in [3.05, 3.63) is 29.3 Å². The Morgan fingerprint density at radius 1 is 1.00 bits per heavy atom. The van der Waals surface area contributed by atoms with Crippen LogP contribution in [-0.2, 0) is 13.3 Å². The zero-order valence-corrected chi connectivity index (χ0v) is 10.2. The summed E-state index contributed by atoms with van der Waals surface area (Å²) < 4.78 is 15.9. The van der Waals surface area contributed by atoms with Crippen molar-refractivity contribution in [2.45, 2.75) is 0 Å². The molecule has 0 saturated heterocycles. The molecule has 3 nitrogen and oxygen atoms in total. The van der Waals surface area contributed by atoms with Gasteiger partial charge in [-0.1, -0.05) is 29.8 Å². The van der Waals surface area contributed by atoms with Crippen LogP contribution >= 0.6 is 11.6 Å². The van der Waals surface area contributed by atoms with Gasteiger partial charge in [-0.3, -0.25) is 0 Å². The number of hydrogen-bond acceptors (Lipinski definition) is 3. The highest BCUT2D eigenvalue weighted by atomic mass is 35.5. The molecule has 0 heterocycles. The Bertz CT molecular complexity index is 294. The van der Waals surface area contributed by atoms with Crippen molar-refractivity contribution in [2.24, 2.45) is 0 Å². The molecule has 1 aromatic carbocycles. The van der Waals surface area contributed by atoms with Crippen molar-refractivity contribution >= 4 is 25.6 Å². The minimum atomic E-state index is -2.77. The largest absolute Gasteiger partial charge is 0.537 e. The summed E-state index contributed by atoms with van der Waals surface area (Å²) in [4.78, 5) is 0. The van der Waals surface area contributed by atoms with Gasteiger partial charge in [-0.05, 0) is 6.07 Å². The smallest absolute Gasteiger partial charge is 0.373 e. The third-order valence-electron chi connectivity index (χ3n) is 2.01. The lowest BCUT2D eigenvalue weighted by atomic mass is 10.4. The van der Waals surface area contributed by atoms with Gasteiger partial charge in [-0.2, -0.15) is 0 Å². The number of benzene rings is 1. The van der Waals surface area contributed by atoms with Gasteiger partial charge < -0.3 is 13.3 Å². The predicted molar refractivity (Wildman–Crippen MR) is 57.9 cm³/mol. The summed E-state index contributed by atoms with van der Waals surface area (Å²) in [5, 5.41) is 1.39. The van der Waals surface area contributed by atoms with Crippen LogP contribution in [0.2, 0.25) is 5.02 Å². The van der Waals surface area contributed by atoms with Gasteiger partial charge in [-0.15, -0.1) is 0 Å². The summed E-state index contributed by atoms with van der Waals surface area (Å²) in [5.41, 5.74) is 0. The Morgan fingerprint density at radius 2 is 1.50 bits per heavy atom. The first-order valence-corrected chi connectivity index (χ1v) is 6.21. The van der Waals surface area contributed by atoms with Gasteiger partial charge in [-0.25, -0.2) is 0 Å². The SMILES string of the molecule is CO[Si](OC)(OC)c1ccccc1Cl. The predicted octanol–water partition coefficient (Wildman–Crippen LogP) is 1.43. The zero-order valence-electron chi connectivity index (χ0n) is 8.41. The maximum atomic E-state index is 6.04. The summed E-state index contributed by atoms with van der Waals surface area (Å²) >= 11 is 6.04. The lowest BCUT2D eigenvalue weighted by Crippen LogP contribution is -2.55. The lowest BCUT2D eigenvalue weighted by molar-refractivity contribution is 0.140. The van der Waals surface area contributed by atoms with Gasteiger partial charge in [0.25, 0.3) is 0 Å². The van der Waals surface area contributed by atoms with E-state index in [2.05, 4.69) is 0 Å². The van der Waals surface area contributed by atoms with Crippen molar-refractivity contribution in [1.29, 1.82) is 0 Å². The summed E-state index contributed by atoms with van der Waals surface area (Å²) in [7, 11) is 1.90. The molecule has 0 spiro atoms. The zero-order chi connectivity index (χ0) is 10.6. The second-order valence-electron chi connectivity index (χ2n) is 2.65. The van der Waals surface area contributed by atoms with Crippen LogP contribution in [0.25, 0.3) is 0 Å². The molecule has 1 rings (SSSR count). The molecule has 0 aliphatic carbocycles. The summed E-state index contributed by atoms with van der Waals surface area (Å²) in [6.45, 7) is 0. The van der Waals surface area contributed by atoms with E-state index in [9.17, 15) is 0 Å². The molecule has 0 radical (unpaired) electrons. The van der Waals surface area contributed by atoms with Gasteiger partial charge in [0, 0.05) is 31.5 Å². The summed E-state index contributed by atoms with van der Waals surface area (Å²) in [6.07, 6.45) is 0. The molecular weight excluding hydrogens is 220 g/mol. The summed E-state index contributed by atoms with van der Waals surface area (Å²) in [5.74, 6) is 0. The Balaban J connectivity index is 3.17. The highest BCUT2D eigenvalue weighted by Gasteiger charge is 2.42. The van der Waals surface area contributed by atoms with E-state index in [-0.39, 0.29) is 0 Å². The molecule has 0 saturated carbocycles. The van der Waals surface area contributed by atoms with Crippen molar-refractivity contribution in [3.8, 4) is 0 Å². The quantitative estimate of drug-likeness (QED) is 0.735. The molecule has 0 fully saturated rings. The fraction of sp³-hybridized carbons (Fsp3) is 0.333. The first-order valence-electron chi connectivity index (χ1n) is 4.10. The van der Waals surface area contributed by atoms with Gasteiger partial charge >= 0.3 is 8.80 Å². The molecule has 0 bridgehead atoms. The number of hydrogen-bond donors (Lipinski definition) is 0. The Labute approximate surface area is 89.9 Å². The highest BCUT2D eigenvalue weighted by Crippen LogP contribution is 2.13. The van der Waals surface area contributed by atoms with Crippen LogP contribution in [0, 0.1) is 0 Å². The van der Waals surface area contributed by atoms with Crippen LogP contribution in [0.1, 0.15) is 0 Å². The van der Waals surface area contributed by atoms with E-state index in [0.29, 0.717) is 5.02 Å². The molecule has 0 aliphatic rings. The molecular formula is C9H13ClO3Si. The topological polar surface area (TPSA) is 27.7 Å². The maximum absolute atomic E-state index is 6.04. The molecule has 1 aromatic rings. The third kappa shape index (κ3) is 1.99. The fourth-order valence-corrected chi connectivity index (χ4v) is 3.61. The van der Waals surface area contributed by atoms with Crippen LogP contribution in [0.4, 0.5) is 0 Å². The van der Waals surface area contributed by atoms with Gasteiger partial charge in [0.05, 0.1) is 0 Å². The second kappa shape index (κ2) is 4.91. The standard InChI is InChI=1S/C9H13ClO3Si/c1-11-14(12-2,13-3)9-7-5-4-6-8(9)10/h4-7H,1-3H3. The lowest BCUT2D eigenvalue weighted by Gasteiger charge is -2.25. The van der Waals surface area contributed by atoms with E-state index in [4.69, 9.17) is 24.9 Å². The number of rotatable bonds is 4. The highest BCUT2D eigenvalue weighted by molar-refractivity contribution is 6.77. The Kier molecular flexibility index (Phi) is 4.09. The molecule has 0 aromatic heterocycles. The average molecular weight is 233 g/mol. The van der Waals surface area contributed by atoms with Gasteiger partial charge in [0.15, 0.2) is 0 Å². The van der Waals surface area contributed by atoms with Crippen LogP contribution in [0.5, 0.6) is 0 Å². The molecule has 78 valence electrons. The van der Waals surface area contributed by atoms with Crippen molar-refractivity contribution in [2.75, 3.05) is 21.3 Å². The van der Waals surface area contributed by atoms with Gasteiger partial charge in [0.2, 0.25) is 0 Å². The van der Waals surface area contributed by atoms with E-state index >= 15 is 0 Å². The van der Waals surface area contributed by atoms with Crippen LogP contribution in [0.3, 0.4) is 0 Å². The normalized spacial score (nSPS) is 11.7. The molecule has 0 unspecified atom stereocenters. The Morgan fingerprint density at radius 3 is 1.93 bits per heavy atom. The summed E-state index contributed by atoms with van der Waals surface area (Å²) in [6, 6.07) is 7.37. The molecule has 0 N–H and O–H groups in total.